The first-order valence-corrected chi connectivity index (χ1v) is 9.94. The first-order chi connectivity index (χ1) is 13.6. The zero-order valence-corrected chi connectivity index (χ0v) is 16.0. The summed E-state index contributed by atoms with van der Waals surface area (Å²) >= 11 is 0. The van der Waals surface area contributed by atoms with Gasteiger partial charge in [-0.05, 0) is 44.0 Å². The topological polar surface area (TPSA) is 85.7 Å². The number of benzene rings is 1. The second kappa shape index (κ2) is 6.84. The van der Waals surface area contributed by atoms with Gasteiger partial charge in [-0.15, -0.1) is 0 Å². The summed E-state index contributed by atoms with van der Waals surface area (Å²) in [5.41, 5.74) is 5.33. The smallest absolute Gasteiger partial charge is 0.251 e. The first-order valence-electron chi connectivity index (χ1n) is 9.94. The van der Waals surface area contributed by atoms with Gasteiger partial charge in [0.05, 0.1) is 17.0 Å². The third-order valence-electron chi connectivity index (χ3n) is 6.10. The molecule has 0 amide bonds. The van der Waals surface area contributed by atoms with Gasteiger partial charge in [0.2, 0.25) is 0 Å². The summed E-state index contributed by atoms with van der Waals surface area (Å²) in [6.07, 6.45) is 1.15. The van der Waals surface area contributed by atoms with Gasteiger partial charge in [0.1, 0.15) is 11.9 Å². The number of aromatic amines is 1. The third kappa shape index (κ3) is 2.87. The van der Waals surface area contributed by atoms with E-state index in [0.29, 0.717) is 30.2 Å². The summed E-state index contributed by atoms with van der Waals surface area (Å²) in [6.45, 7) is 5.17. The molecule has 28 heavy (non-hydrogen) atoms. The summed E-state index contributed by atoms with van der Waals surface area (Å²) in [7, 11) is 0. The fraction of sp³-hybridized carbons (Fsp3) is 0.429. The Bertz CT molecular complexity index is 1060. The standard InChI is InChI=1S/C21H25N5O2/c1-13-19(21(28)25-11-15-4-2-3-5-16(15)12-25)20-23-18(27)10-17(26(20)24-13)14-6-8-22-9-7-14/h2-5,10,14,21-22,28H,6-9,11-12H2,1H3,(H,23,27). The number of rotatable bonds is 3. The zero-order valence-electron chi connectivity index (χ0n) is 16.0. The van der Waals surface area contributed by atoms with Gasteiger partial charge in [0, 0.05) is 25.1 Å². The van der Waals surface area contributed by atoms with Crippen molar-refractivity contribution in [3.05, 3.63) is 68.8 Å². The molecule has 7 heteroatoms. The summed E-state index contributed by atoms with van der Waals surface area (Å²) in [5, 5.41) is 19.3. The normalized spacial score (nSPS) is 19.2. The van der Waals surface area contributed by atoms with Crippen molar-refractivity contribution in [2.75, 3.05) is 13.1 Å². The molecule has 146 valence electrons. The molecule has 0 aliphatic carbocycles. The van der Waals surface area contributed by atoms with Crippen molar-refractivity contribution in [1.29, 1.82) is 0 Å². The maximum atomic E-state index is 12.4. The van der Waals surface area contributed by atoms with E-state index in [2.05, 4.69) is 22.4 Å². The minimum Gasteiger partial charge on any atom is -0.374 e. The fourth-order valence-corrected chi connectivity index (χ4v) is 4.63. The van der Waals surface area contributed by atoms with Crippen LogP contribution in [0.25, 0.3) is 5.65 Å². The minimum atomic E-state index is -0.816. The molecule has 1 saturated heterocycles. The molecule has 1 atom stereocenters. The third-order valence-corrected chi connectivity index (χ3v) is 6.10. The van der Waals surface area contributed by atoms with Crippen LogP contribution >= 0.6 is 0 Å². The van der Waals surface area contributed by atoms with Crippen LogP contribution in [-0.4, -0.2) is 37.7 Å². The van der Waals surface area contributed by atoms with Crippen LogP contribution in [0.5, 0.6) is 0 Å². The Morgan fingerprint density at radius 2 is 1.86 bits per heavy atom. The van der Waals surface area contributed by atoms with E-state index in [1.165, 1.54) is 11.1 Å². The van der Waals surface area contributed by atoms with E-state index >= 15 is 0 Å². The molecule has 3 N–H and O–H groups in total. The molecule has 0 bridgehead atoms. The van der Waals surface area contributed by atoms with E-state index in [9.17, 15) is 9.90 Å². The van der Waals surface area contributed by atoms with Gasteiger partial charge in [-0.2, -0.15) is 5.10 Å². The molecule has 1 aromatic carbocycles. The van der Waals surface area contributed by atoms with Gasteiger partial charge < -0.3 is 15.4 Å². The highest BCUT2D eigenvalue weighted by Gasteiger charge is 2.30. The number of H-pyrrole nitrogens is 1. The zero-order chi connectivity index (χ0) is 19.3. The van der Waals surface area contributed by atoms with E-state index in [-0.39, 0.29) is 5.56 Å². The predicted molar refractivity (Wildman–Crippen MR) is 106 cm³/mol. The lowest BCUT2D eigenvalue weighted by atomic mass is 9.94. The Morgan fingerprint density at radius 3 is 2.54 bits per heavy atom. The molecule has 0 radical (unpaired) electrons. The molecule has 3 aromatic rings. The van der Waals surface area contributed by atoms with Crippen molar-refractivity contribution >= 4 is 5.65 Å². The molecule has 1 unspecified atom stereocenters. The number of fused-ring (bicyclic) bond motifs is 2. The Hall–Kier alpha value is -2.48. The van der Waals surface area contributed by atoms with Crippen LogP contribution in [0.3, 0.4) is 0 Å². The second-order valence-corrected chi connectivity index (χ2v) is 7.89. The number of aryl methyl sites for hydroxylation is 1. The number of piperidine rings is 1. The van der Waals surface area contributed by atoms with Gasteiger partial charge in [-0.25, -0.2) is 4.52 Å². The molecule has 2 aromatic heterocycles. The second-order valence-electron chi connectivity index (χ2n) is 7.89. The van der Waals surface area contributed by atoms with Crippen LogP contribution in [0.2, 0.25) is 0 Å². The summed E-state index contributed by atoms with van der Waals surface area (Å²) in [5.74, 6) is 0.298. The maximum absolute atomic E-state index is 12.4. The number of hydrogen-bond donors (Lipinski definition) is 3. The average Bonchev–Trinajstić information content (AvgIpc) is 3.28. The molecule has 0 spiro atoms. The molecule has 2 aliphatic rings. The van der Waals surface area contributed by atoms with Crippen molar-refractivity contribution in [1.82, 2.24) is 24.8 Å². The van der Waals surface area contributed by atoms with Crippen molar-refractivity contribution in [3.8, 4) is 0 Å². The van der Waals surface area contributed by atoms with Crippen LogP contribution in [0, 0.1) is 6.92 Å². The lowest BCUT2D eigenvalue weighted by molar-refractivity contribution is -0.00125. The predicted octanol–water partition coefficient (Wildman–Crippen LogP) is 1.80. The molecule has 7 nitrogen and oxygen atoms in total. The Balaban J connectivity index is 1.56. The Kier molecular flexibility index (Phi) is 4.30. The van der Waals surface area contributed by atoms with Crippen molar-refractivity contribution in [2.45, 2.75) is 45.0 Å². The lowest BCUT2D eigenvalue weighted by Gasteiger charge is -2.24. The first kappa shape index (κ1) is 17.6. The SMILES string of the molecule is Cc1nn2c(C3CCNCC3)cc(=O)[nH]c2c1C(O)N1Cc2ccccc2C1. The van der Waals surface area contributed by atoms with E-state index < -0.39 is 6.23 Å². The van der Waals surface area contributed by atoms with Crippen molar-refractivity contribution in [2.24, 2.45) is 0 Å². The number of aliphatic hydroxyl groups is 1. The highest BCUT2D eigenvalue weighted by molar-refractivity contribution is 5.52. The maximum Gasteiger partial charge on any atom is 0.251 e. The average molecular weight is 379 g/mol. The minimum absolute atomic E-state index is 0.140. The molecule has 1 fully saturated rings. The van der Waals surface area contributed by atoms with Crippen LogP contribution < -0.4 is 10.9 Å². The van der Waals surface area contributed by atoms with Crippen LogP contribution in [-0.2, 0) is 13.1 Å². The monoisotopic (exact) mass is 379 g/mol. The molecule has 0 saturated carbocycles. The molecule has 2 aliphatic heterocycles. The highest BCUT2D eigenvalue weighted by Crippen LogP contribution is 2.33. The van der Waals surface area contributed by atoms with Crippen LogP contribution in [0.4, 0.5) is 0 Å². The van der Waals surface area contributed by atoms with Crippen molar-refractivity contribution in [3.63, 3.8) is 0 Å². The molecular formula is C21H25N5O2. The van der Waals surface area contributed by atoms with E-state index in [1.807, 2.05) is 28.5 Å². The molecule has 4 heterocycles. The molecule has 5 rings (SSSR count). The van der Waals surface area contributed by atoms with E-state index in [0.717, 1.165) is 37.3 Å². The fourth-order valence-electron chi connectivity index (χ4n) is 4.63. The van der Waals surface area contributed by atoms with Gasteiger partial charge in [0.25, 0.3) is 5.56 Å². The van der Waals surface area contributed by atoms with Gasteiger partial charge in [-0.1, -0.05) is 24.3 Å². The Morgan fingerprint density at radius 1 is 1.18 bits per heavy atom. The van der Waals surface area contributed by atoms with Crippen LogP contribution in [0.15, 0.2) is 35.1 Å². The van der Waals surface area contributed by atoms with E-state index in [4.69, 9.17) is 5.10 Å². The largest absolute Gasteiger partial charge is 0.374 e. The van der Waals surface area contributed by atoms with Crippen LogP contribution in [0.1, 0.15) is 53.1 Å². The van der Waals surface area contributed by atoms with Crippen molar-refractivity contribution < 1.29 is 5.11 Å². The van der Waals surface area contributed by atoms with Gasteiger partial charge >= 0.3 is 0 Å². The number of nitrogens with zero attached hydrogens (tertiary/aromatic N) is 3. The summed E-state index contributed by atoms with van der Waals surface area (Å²) in [4.78, 5) is 17.4. The number of aromatic nitrogens is 3. The number of hydrogen-bond acceptors (Lipinski definition) is 5. The van der Waals surface area contributed by atoms with Gasteiger partial charge in [-0.3, -0.25) is 9.69 Å². The highest BCUT2D eigenvalue weighted by atomic mass is 16.3. The summed E-state index contributed by atoms with van der Waals surface area (Å²) in [6, 6.07) is 9.91. The number of nitrogens with one attached hydrogen (secondary N) is 2. The number of aliphatic hydroxyl groups excluding tert-OH is 1. The Labute approximate surface area is 163 Å². The molecular weight excluding hydrogens is 354 g/mol. The summed E-state index contributed by atoms with van der Waals surface area (Å²) < 4.78 is 1.84. The van der Waals surface area contributed by atoms with E-state index in [1.54, 1.807) is 6.07 Å². The van der Waals surface area contributed by atoms with Gasteiger partial charge in [0.15, 0.2) is 0 Å². The lowest BCUT2D eigenvalue weighted by Crippen LogP contribution is -2.29. The quantitative estimate of drug-likeness (QED) is 0.646.